The minimum absolute atomic E-state index is 0. The topological polar surface area (TPSA) is 71.7 Å². The number of hydrogen-bond donors (Lipinski definition) is 2. The van der Waals surface area contributed by atoms with Gasteiger partial charge in [-0.05, 0) is 26.0 Å². The summed E-state index contributed by atoms with van der Waals surface area (Å²) in [6.07, 6.45) is 2.48. The Morgan fingerprint density at radius 2 is 1.92 bits per heavy atom. The second-order valence-electron chi connectivity index (χ2n) is 5.38. The van der Waals surface area contributed by atoms with E-state index in [1.807, 2.05) is 19.1 Å². The molecular formula is C18H27IN4O2. The third-order valence-electron chi connectivity index (χ3n) is 3.49. The predicted octanol–water partition coefficient (Wildman–Crippen LogP) is 3.01. The van der Waals surface area contributed by atoms with E-state index in [0.29, 0.717) is 12.5 Å². The molecule has 138 valence electrons. The van der Waals surface area contributed by atoms with E-state index in [2.05, 4.69) is 39.7 Å². The van der Waals surface area contributed by atoms with E-state index in [0.717, 1.165) is 43.3 Å². The molecule has 2 N–H and O–H groups in total. The van der Waals surface area contributed by atoms with Crippen LogP contribution in [0.5, 0.6) is 0 Å². The van der Waals surface area contributed by atoms with Gasteiger partial charge in [-0.1, -0.05) is 17.7 Å². The van der Waals surface area contributed by atoms with Crippen LogP contribution >= 0.6 is 24.0 Å². The SMILES string of the molecule is CCOCCNC(=NC)NCCc1coc(-c2ccc(C)cc2)n1.I. The number of aryl methyl sites for hydroxylation is 1. The number of aromatic nitrogens is 1. The summed E-state index contributed by atoms with van der Waals surface area (Å²) >= 11 is 0. The summed E-state index contributed by atoms with van der Waals surface area (Å²) in [7, 11) is 1.75. The molecule has 2 aromatic rings. The number of aliphatic imine (C=N–C) groups is 1. The zero-order chi connectivity index (χ0) is 17.2. The third-order valence-corrected chi connectivity index (χ3v) is 3.49. The van der Waals surface area contributed by atoms with Crippen LogP contribution in [0.3, 0.4) is 0 Å². The molecule has 2 rings (SSSR count). The smallest absolute Gasteiger partial charge is 0.226 e. The maximum atomic E-state index is 5.56. The van der Waals surface area contributed by atoms with Gasteiger partial charge in [0.25, 0.3) is 0 Å². The first-order valence-electron chi connectivity index (χ1n) is 8.26. The lowest BCUT2D eigenvalue weighted by Crippen LogP contribution is -2.39. The molecule has 6 nitrogen and oxygen atoms in total. The maximum Gasteiger partial charge on any atom is 0.226 e. The summed E-state index contributed by atoms with van der Waals surface area (Å²) < 4.78 is 10.9. The second-order valence-corrected chi connectivity index (χ2v) is 5.38. The highest BCUT2D eigenvalue weighted by molar-refractivity contribution is 14.0. The van der Waals surface area contributed by atoms with Crippen molar-refractivity contribution < 1.29 is 9.15 Å². The fourth-order valence-corrected chi connectivity index (χ4v) is 2.17. The van der Waals surface area contributed by atoms with Crippen molar-refractivity contribution in [2.75, 3.05) is 33.4 Å². The molecule has 7 heteroatoms. The lowest BCUT2D eigenvalue weighted by Gasteiger charge is -2.11. The Bertz CT molecular complexity index is 641. The summed E-state index contributed by atoms with van der Waals surface area (Å²) in [5.74, 6) is 1.42. The number of ether oxygens (including phenoxy) is 1. The molecule has 0 aliphatic heterocycles. The fourth-order valence-electron chi connectivity index (χ4n) is 2.17. The molecule has 0 bridgehead atoms. The summed E-state index contributed by atoms with van der Waals surface area (Å²) in [5, 5.41) is 6.45. The first-order chi connectivity index (χ1) is 11.7. The first-order valence-corrected chi connectivity index (χ1v) is 8.26. The van der Waals surface area contributed by atoms with Gasteiger partial charge in [0.05, 0.1) is 12.3 Å². The average molecular weight is 458 g/mol. The number of oxazole rings is 1. The van der Waals surface area contributed by atoms with Crippen LogP contribution in [-0.4, -0.2) is 44.3 Å². The Balaban J connectivity index is 0.00000312. The Hall–Kier alpha value is -1.61. The molecule has 25 heavy (non-hydrogen) atoms. The molecule has 0 saturated heterocycles. The van der Waals surface area contributed by atoms with Gasteiger partial charge in [-0.15, -0.1) is 24.0 Å². The Kier molecular flexibility index (Phi) is 10.2. The average Bonchev–Trinajstić information content (AvgIpc) is 3.06. The quantitative estimate of drug-likeness (QED) is 0.276. The van der Waals surface area contributed by atoms with Crippen molar-refractivity contribution in [3.05, 3.63) is 41.8 Å². The normalized spacial score (nSPS) is 11.1. The number of guanidine groups is 1. The minimum atomic E-state index is 0. The van der Waals surface area contributed by atoms with Crippen LogP contribution in [-0.2, 0) is 11.2 Å². The second kappa shape index (κ2) is 11.9. The van der Waals surface area contributed by atoms with Crippen LogP contribution in [0.4, 0.5) is 0 Å². The van der Waals surface area contributed by atoms with E-state index in [1.165, 1.54) is 5.56 Å². The highest BCUT2D eigenvalue weighted by Gasteiger charge is 2.06. The van der Waals surface area contributed by atoms with Gasteiger partial charge >= 0.3 is 0 Å². The molecule has 0 aliphatic rings. The van der Waals surface area contributed by atoms with Gasteiger partial charge in [0.1, 0.15) is 6.26 Å². The molecule has 1 aromatic heterocycles. The van der Waals surface area contributed by atoms with Crippen molar-refractivity contribution in [3.8, 4) is 11.5 Å². The van der Waals surface area contributed by atoms with Crippen LogP contribution in [0.1, 0.15) is 18.2 Å². The van der Waals surface area contributed by atoms with Crippen molar-refractivity contribution in [1.82, 2.24) is 15.6 Å². The van der Waals surface area contributed by atoms with Crippen molar-refractivity contribution in [3.63, 3.8) is 0 Å². The van der Waals surface area contributed by atoms with Crippen molar-refractivity contribution in [2.24, 2.45) is 4.99 Å². The highest BCUT2D eigenvalue weighted by atomic mass is 127. The van der Waals surface area contributed by atoms with Crippen LogP contribution < -0.4 is 10.6 Å². The molecular weight excluding hydrogens is 431 g/mol. The van der Waals surface area contributed by atoms with E-state index in [4.69, 9.17) is 9.15 Å². The Labute approximate surface area is 166 Å². The number of hydrogen-bond acceptors (Lipinski definition) is 4. The molecule has 0 aliphatic carbocycles. The Morgan fingerprint density at radius 1 is 1.20 bits per heavy atom. The molecule has 1 heterocycles. The molecule has 0 unspecified atom stereocenters. The zero-order valence-corrected chi connectivity index (χ0v) is 17.4. The van der Waals surface area contributed by atoms with E-state index in [-0.39, 0.29) is 24.0 Å². The predicted molar refractivity (Wildman–Crippen MR) is 112 cm³/mol. The monoisotopic (exact) mass is 458 g/mol. The Morgan fingerprint density at radius 3 is 2.60 bits per heavy atom. The van der Waals surface area contributed by atoms with Gasteiger partial charge in [0, 0.05) is 38.7 Å². The van der Waals surface area contributed by atoms with Gasteiger partial charge < -0.3 is 19.8 Å². The van der Waals surface area contributed by atoms with Crippen LogP contribution in [0, 0.1) is 6.92 Å². The summed E-state index contributed by atoms with van der Waals surface area (Å²) in [5.41, 5.74) is 3.13. The standard InChI is InChI=1S/C18H26N4O2.HI/c1-4-23-12-11-21-18(19-3)20-10-9-16-13-24-17(22-16)15-7-5-14(2)6-8-15;/h5-8,13H,4,9-12H2,1-3H3,(H2,19,20,21);1H. The number of rotatable bonds is 8. The van der Waals surface area contributed by atoms with E-state index < -0.39 is 0 Å². The fraction of sp³-hybridized carbons (Fsp3) is 0.444. The highest BCUT2D eigenvalue weighted by Crippen LogP contribution is 2.19. The minimum Gasteiger partial charge on any atom is -0.444 e. The van der Waals surface area contributed by atoms with E-state index >= 15 is 0 Å². The molecule has 0 saturated carbocycles. The van der Waals surface area contributed by atoms with Gasteiger partial charge in [0.2, 0.25) is 5.89 Å². The summed E-state index contributed by atoms with van der Waals surface area (Å²) in [6, 6.07) is 8.15. The number of halogens is 1. The van der Waals surface area contributed by atoms with Crippen LogP contribution in [0.15, 0.2) is 39.9 Å². The molecule has 0 amide bonds. The van der Waals surface area contributed by atoms with Crippen LogP contribution in [0.2, 0.25) is 0 Å². The molecule has 0 atom stereocenters. The van der Waals surface area contributed by atoms with Gasteiger partial charge in [-0.25, -0.2) is 4.98 Å². The molecule has 0 fully saturated rings. The molecule has 1 aromatic carbocycles. The molecule has 0 spiro atoms. The van der Waals surface area contributed by atoms with Crippen LogP contribution in [0.25, 0.3) is 11.5 Å². The zero-order valence-electron chi connectivity index (χ0n) is 15.0. The third kappa shape index (κ3) is 7.43. The van der Waals surface area contributed by atoms with E-state index in [9.17, 15) is 0 Å². The van der Waals surface area contributed by atoms with Gasteiger partial charge in [-0.2, -0.15) is 0 Å². The first kappa shape index (κ1) is 21.4. The van der Waals surface area contributed by atoms with E-state index in [1.54, 1.807) is 13.3 Å². The van der Waals surface area contributed by atoms with Gasteiger partial charge in [0.15, 0.2) is 5.96 Å². The van der Waals surface area contributed by atoms with Crippen molar-refractivity contribution in [1.29, 1.82) is 0 Å². The lowest BCUT2D eigenvalue weighted by molar-refractivity contribution is 0.152. The maximum absolute atomic E-state index is 5.56. The van der Waals surface area contributed by atoms with Crippen molar-refractivity contribution in [2.45, 2.75) is 20.3 Å². The van der Waals surface area contributed by atoms with Crippen molar-refractivity contribution >= 4 is 29.9 Å². The lowest BCUT2D eigenvalue weighted by atomic mass is 10.1. The number of nitrogens with one attached hydrogen (secondary N) is 2. The number of benzene rings is 1. The summed E-state index contributed by atoms with van der Waals surface area (Å²) in [6.45, 7) is 6.90. The summed E-state index contributed by atoms with van der Waals surface area (Å²) in [4.78, 5) is 8.71. The van der Waals surface area contributed by atoms with Gasteiger partial charge in [-0.3, -0.25) is 4.99 Å². The molecule has 0 radical (unpaired) electrons. The number of nitrogens with zero attached hydrogens (tertiary/aromatic N) is 2. The largest absolute Gasteiger partial charge is 0.444 e.